The Morgan fingerprint density at radius 2 is 2.00 bits per heavy atom. The van der Waals surface area contributed by atoms with E-state index >= 15 is 4.39 Å². The van der Waals surface area contributed by atoms with E-state index < -0.39 is 41.6 Å². The molecule has 1 aromatic heterocycles. The van der Waals surface area contributed by atoms with Gasteiger partial charge in [0.25, 0.3) is 0 Å². The molecule has 1 aliphatic rings. The van der Waals surface area contributed by atoms with Crippen LogP contribution in [0.4, 0.5) is 10.1 Å². The first-order valence-electron chi connectivity index (χ1n) is 10.6. The van der Waals surface area contributed by atoms with Gasteiger partial charge in [0.1, 0.15) is 16.9 Å². The monoisotopic (exact) mass is 452 g/mol. The second-order valence-corrected chi connectivity index (χ2v) is 8.18. The van der Waals surface area contributed by atoms with Crippen molar-refractivity contribution in [2.24, 2.45) is 0 Å². The fourth-order valence-electron chi connectivity index (χ4n) is 3.96. The highest BCUT2D eigenvalue weighted by molar-refractivity contribution is 5.97. The van der Waals surface area contributed by atoms with E-state index in [4.69, 9.17) is 4.74 Å². The summed E-state index contributed by atoms with van der Waals surface area (Å²) < 4.78 is 22.6. The van der Waals surface area contributed by atoms with Crippen molar-refractivity contribution in [1.82, 2.24) is 4.57 Å². The summed E-state index contributed by atoms with van der Waals surface area (Å²) in [5, 5.41) is 38.0. The Kier molecular flexibility index (Phi) is 7.06. The number of aromatic nitrogens is 1. The summed E-state index contributed by atoms with van der Waals surface area (Å²) in [6, 6.07) is 1.06. The zero-order chi connectivity index (χ0) is 23.6. The Hall–Kier alpha value is -2.69. The van der Waals surface area contributed by atoms with E-state index in [2.05, 4.69) is 0 Å². The number of carbonyl (C=O) groups is 1. The van der Waals surface area contributed by atoms with Gasteiger partial charge < -0.3 is 34.6 Å². The number of pyridine rings is 1. The quantitative estimate of drug-likeness (QED) is 0.403. The maximum atomic E-state index is 15.3. The molecule has 176 valence electrons. The van der Waals surface area contributed by atoms with E-state index in [-0.39, 0.29) is 29.3 Å². The molecule has 0 atom stereocenters. The molecule has 4 N–H and O–H groups in total. The number of fused-ring (bicyclic) bond motifs is 1. The molecule has 10 heteroatoms. The third-order valence-electron chi connectivity index (χ3n) is 5.93. The van der Waals surface area contributed by atoms with Crippen LogP contribution in [0, 0.1) is 5.82 Å². The fraction of sp³-hybridized carbons (Fsp3) is 0.545. The van der Waals surface area contributed by atoms with Gasteiger partial charge in [-0.15, -0.1) is 0 Å². The smallest absolute Gasteiger partial charge is 0.341 e. The first-order valence-corrected chi connectivity index (χ1v) is 10.6. The van der Waals surface area contributed by atoms with Crippen molar-refractivity contribution in [3.8, 4) is 5.75 Å². The minimum Gasteiger partial charge on any atom is -0.492 e. The van der Waals surface area contributed by atoms with E-state index in [1.54, 1.807) is 9.47 Å². The van der Waals surface area contributed by atoms with Crippen LogP contribution in [0.2, 0.25) is 0 Å². The SMILES string of the molecule is CCN(CCCC(O)(CO)CO)c1c(F)cc2c(=O)c(C(=O)O)cn(C3CC3)c2c1OC. The van der Waals surface area contributed by atoms with E-state index in [0.717, 1.165) is 18.9 Å². The second kappa shape index (κ2) is 9.43. The summed E-state index contributed by atoms with van der Waals surface area (Å²) in [7, 11) is 1.37. The van der Waals surface area contributed by atoms with Gasteiger partial charge in [-0.3, -0.25) is 4.79 Å². The van der Waals surface area contributed by atoms with Crippen LogP contribution in [0.5, 0.6) is 5.75 Å². The number of aliphatic hydroxyl groups is 3. The zero-order valence-corrected chi connectivity index (χ0v) is 18.2. The number of rotatable bonds is 11. The lowest BCUT2D eigenvalue weighted by molar-refractivity contribution is -0.0609. The van der Waals surface area contributed by atoms with Gasteiger partial charge in [-0.25, -0.2) is 9.18 Å². The number of hydrogen-bond donors (Lipinski definition) is 4. The summed E-state index contributed by atoms with van der Waals surface area (Å²) in [5.41, 5.74) is -2.33. The molecular weight excluding hydrogens is 423 g/mol. The number of aliphatic hydroxyl groups excluding tert-OH is 2. The number of nitrogens with zero attached hydrogens (tertiary/aromatic N) is 2. The van der Waals surface area contributed by atoms with Gasteiger partial charge in [0.2, 0.25) is 5.43 Å². The van der Waals surface area contributed by atoms with Crippen LogP contribution in [0.1, 0.15) is 49.0 Å². The van der Waals surface area contributed by atoms with Crippen LogP contribution in [-0.4, -0.2) is 70.0 Å². The van der Waals surface area contributed by atoms with Crippen molar-refractivity contribution in [2.75, 3.05) is 38.3 Å². The Bertz CT molecular complexity index is 1060. The number of methoxy groups -OCH3 is 1. The van der Waals surface area contributed by atoms with Crippen molar-refractivity contribution in [2.45, 2.75) is 44.2 Å². The Labute approximate surface area is 184 Å². The number of halogens is 1. The van der Waals surface area contributed by atoms with Gasteiger partial charge in [-0.1, -0.05) is 0 Å². The topological polar surface area (TPSA) is 132 Å². The molecule has 1 saturated carbocycles. The minimum absolute atomic E-state index is 0.00241. The van der Waals surface area contributed by atoms with Gasteiger partial charge in [0, 0.05) is 25.3 Å². The molecule has 3 rings (SSSR count). The standard InChI is InChI=1S/C22H29FN2O7/c1-3-24(8-4-7-22(31,11-26)12-27)18-16(23)9-14-17(20(18)32-2)25(13-5-6-13)10-15(19(14)28)21(29)30/h9-10,13,26-27,31H,3-8,11-12H2,1-2H3,(H,29,30). The summed E-state index contributed by atoms with van der Waals surface area (Å²) in [4.78, 5) is 26.0. The molecule has 0 spiro atoms. The number of ether oxygens (including phenoxy) is 1. The van der Waals surface area contributed by atoms with Crippen LogP contribution in [0.3, 0.4) is 0 Å². The predicted molar refractivity (Wildman–Crippen MR) is 116 cm³/mol. The largest absolute Gasteiger partial charge is 0.492 e. The summed E-state index contributed by atoms with van der Waals surface area (Å²) in [5.74, 6) is -1.95. The van der Waals surface area contributed by atoms with Gasteiger partial charge >= 0.3 is 5.97 Å². The highest BCUT2D eigenvalue weighted by Gasteiger charge is 2.31. The molecule has 1 heterocycles. The molecule has 9 nitrogen and oxygen atoms in total. The fourth-order valence-corrected chi connectivity index (χ4v) is 3.96. The van der Waals surface area contributed by atoms with E-state index in [0.29, 0.717) is 25.0 Å². The molecule has 0 saturated heterocycles. The third kappa shape index (κ3) is 4.43. The Morgan fingerprint density at radius 1 is 1.34 bits per heavy atom. The van der Waals surface area contributed by atoms with Crippen molar-refractivity contribution < 1.29 is 34.3 Å². The first-order chi connectivity index (χ1) is 15.2. The van der Waals surface area contributed by atoms with E-state index in [1.807, 2.05) is 6.92 Å². The molecule has 0 amide bonds. The Balaban J connectivity index is 2.12. The number of anilines is 1. The maximum absolute atomic E-state index is 15.3. The second-order valence-electron chi connectivity index (χ2n) is 8.18. The number of carboxylic acid groups (broad SMARTS) is 1. The minimum atomic E-state index is -1.62. The summed E-state index contributed by atoms with van der Waals surface area (Å²) >= 11 is 0. The summed E-state index contributed by atoms with van der Waals surface area (Å²) in [6.45, 7) is 1.30. The molecule has 0 radical (unpaired) electrons. The molecule has 1 aromatic carbocycles. The van der Waals surface area contributed by atoms with Crippen LogP contribution in [0.15, 0.2) is 17.1 Å². The van der Waals surface area contributed by atoms with Gasteiger partial charge in [0.05, 0.1) is 31.2 Å². The average Bonchev–Trinajstić information content (AvgIpc) is 3.62. The number of carboxylic acids is 1. The van der Waals surface area contributed by atoms with Crippen LogP contribution in [-0.2, 0) is 0 Å². The number of aromatic carboxylic acids is 1. The van der Waals surface area contributed by atoms with Gasteiger partial charge in [0.15, 0.2) is 11.6 Å². The normalized spacial score (nSPS) is 14.1. The van der Waals surface area contributed by atoms with Gasteiger partial charge in [-0.05, 0) is 38.7 Å². The molecule has 1 aliphatic carbocycles. The van der Waals surface area contributed by atoms with Crippen LogP contribution >= 0.6 is 0 Å². The van der Waals surface area contributed by atoms with E-state index in [9.17, 15) is 30.0 Å². The van der Waals surface area contributed by atoms with Gasteiger partial charge in [-0.2, -0.15) is 0 Å². The van der Waals surface area contributed by atoms with Crippen LogP contribution < -0.4 is 15.1 Å². The highest BCUT2D eigenvalue weighted by atomic mass is 19.1. The lowest BCUT2D eigenvalue weighted by Crippen LogP contribution is -2.38. The molecule has 0 unspecified atom stereocenters. The molecule has 0 aliphatic heterocycles. The van der Waals surface area contributed by atoms with Crippen molar-refractivity contribution in [3.05, 3.63) is 33.9 Å². The maximum Gasteiger partial charge on any atom is 0.341 e. The van der Waals surface area contributed by atoms with Crippen molar-refractivity contribution >= 4 is 22.6 Å². The number of hydrogen-bond acceptors (Lipinski definition) is 7. The Morgan fingerprint density at radius 3 is 2.50 bits per heavy atom. The molecular formula is C22H29FN2O7. The molecule has 1 fully saturated rings. The predicted octanol–water partition coefficient (Wildman–Crippen LogP) is 1.50. The number of benzene rings is 1. The average molecular weight is 452 g/mol. The van der Waals surface area contributed by atoms with E-state index in [1.165, 1.54) is 13.3 Å². The highest BCUT2D eigenvalue weighted by Crippen LogP contribution is 2.43. The van der Waals surface area contributed by atoms with Crippen LogP contribution in [0.25, 0.3) is 10.9 Å². The lowest BCUT2D eigenvalue weighted by atomic mass is 9.99. The van der Waals surface area contributed by atoms with Crippen molar-refractivity contribution in [1.29, 1.82) is 0 Å². The molecule has 0 bridgehead atoms. The third-order valence-corrected chi connectivity index (χ3v) is 5.93. The summed E-state index contributed by atoms with van der Waals surface area (Å²) in [6.07, 6.45) is 3.37. The molecule has 32 heavy (non-hydrogen) atoms. The molecule has 2 aromatic rings. The first kappa shape index (κ1) is 24.0. The van der Waals surface area contributed by atoms with Crippen molar-refractivity contribution in [3.63, 3.8) is 0 Å². The zero-order valence-electron chi connectivity index (χ0n) is 18.2. The lowest BCUT2D eigenvalue weighted by Gasteiger charge is -2.29.